The molecule has 1 aromatic heterocycles. The first-order valence-corrected chi connectivity index (χ1v) is 7.27. The third-order valence-electron chi connectivity index (χ3n) is 3.34. The van der Waals surface area contributed by atoms with Gasteiger partial charge < -0.3 is 10.1 Å². The lowest BCUT2D eigenvalue weighted by molar-refractivity contribution is 0.406. The van der Waals surface area contributed by atoms with E-state index in [-0.39, 0.29) is 0 Å². The van der Waals surface area contributed by atoms with Crippen molar-refractivity contribution in [1.82, 2.24) is 20.1 Å². The Kier molecular flexibility index (Phi) is 4.96. The molecule has 0 atom stereocenters. The average molecular weight is 288 g/mol. The van der Waals surface area contributed by atoms with Crippen molar-refractivity contribution >= 4 is 0 Å². The minimum Gasteiger partial charge on any atom is -0.496 e. The fourth-order valence-corrected chi connectivity index (χ4v) is 2.26. The summed E-state index contributed by atoms with van der Waals surface area (Å²) in [4.78, 5) is 4.34. The van der Waals surface area contributed by atoms with Crippen molar-refractivity contribution in [2.45, 2.75) is 46.8 Å². The SMILES string of the molecule is COc1ccc(CNC(C)C)cc1Cn1nc(C)nc1C. The fourth-order valence-electron chi connectivity index (χ4n) is 2.26. The second-order valence-corrected chi connectivity index (χ2v) is 5.55. The van der Waals surface area contributed by atoms with Gasteiger partial charge in [-0.25, -0.2) is 9.67 Å². The van der Waals surface area contributed by atoms with Gasteiger partial charge in [-0.05, 0) is 31.5 Å². The van der Waals surface area contributed by atoms with Gasteiger partial charge in [0, 0.05) is 18.2 Å². The van der Waals surface area contributed by atoms with Crippen LogP contribution in [-0.2, 0) is 13.1 Å². The van der Waals surface area contributed by atoms with E-state index in [1.165, 1.54) is 5.56 Å². The minimum absolute atomic E-state index is 0.468. The molecule has 2 aromatic rings. The summed E-state index contributed by atoms with van der Waals surface area (Å²) in [5, 5.41) is 7.85. The molecule has 0 aliphatic rings. The standard InChI is InChI=1S/C16H24N4O/c1-11(2)17-9-14-6-7-16(21-5)15(8-14)10-20-13(4)18-12(3)19-20/h6-8,11,17H,9-10H2,1-5H3. The van der Waals surface area contributed by atoms with Gasteiger partial charge >= 0.3 is 0 Å². The van der Waals surface area contributed by atoms with Gasteiger partial charge in [0.1, 0.15) is 17.4 Å². The normalized spacial score (nSPS) is 11.1. The molecule has 0 bridgehead atoms. The van der Waals surface area contributed by atoms with Gasteiger partial charge in [-0.3, -0.25) is 0 Å². The Labute approximate surface area is 126 Å². The monoisotopic (exact) mass is 288 g/mol. The maximum Gasteiger partial charge on any atom is 0.147 e. The van der Waals surface area contributed by atoms with Gasteiger partial charge in [0.25, 0.3) is 0 Å². The molecule has 21 heavy (non-hydrogen) atoms. The van der Waals surface area contributed by atoms with Crippen molar-refractivity contribution in [3.8, 4) is 5.75 Å². The van der Waals surface area contributed by atoms with Crippen molar-refractivity contribution in [3.63, 3.8) is 0 Å². The van der Waals surface area contributed by atoms with Crippen molar-refractivity contribution < 1.29 is 4.74 Å². The number of ether oxygens (including phenoxy) is 1. The molecule has 0 saturated carbocycles. The van der Waals surface area contributed by atoms with Crippen LogP contribution in [0.2, 0.25) is 0 Å². The second-order valence-electron chi connectivity index (χ2n) is 5.55. The lowest BCUT2D eigenvalue weighted by Crippen LogP contribution is -2.21. The Balaban J connectivity index is 2.23. The molecule has 1 aromatic carbocycles. The quantitative estimate of drug-likeness (QED) is 0.887. The zero-order valence-electron chi connectivity index (χ0n) is 13.5. The Bertz CT molecular complexity index is 604. The third kappa shape index (κ3) is 4.04. The lowest BCUT2D eigenvalue weighted by atomic mass is 10.1. The topological polar surface area (TPSA) is 52.0 Å². The third-order valence-corrected chi connectivity index (χ3v) is 3.34. The first kappa shape index (κ1) is 15.5. The van der Waals surface area contributed by atoms with Crippen LogP contribution in [0, 0.1) is 13.8 Å². The van der Waals surface area contributed by atoms with E-state index in [1.807, 2.05) is 24.6 Å². The highest BCUT2D eigenvalue weighted by Gasteiger charge is 2.09. The van der Waals surface area contributed by atoms with E-state index in [0.29, 0.717) is 12.6 Å². The fraction of sp³-hybridized carbons (Fsp3) is 0.500. The Morgan fingerprint density at radius 3 is 2.62 bits per heavy atom. The number of aryl methyl sites for hydroxylation is 2. The number of nitrogens with zero attached hydrogens (tertiary/aromatic N) is 3. The largest absolute Gasteiger partial charge is 0.496 e. The molecule has 0 saturated heterocycles. The number of rotatable bonds is 6. The molecule has 0 radical (unpaired) electrons. The predicted octanol–water partition coefficient (Wildman–Crippen LogP) is 2.45. The van der Waals surface area contributed by atoms with E-state index in [2.05, 4.69) is 41.4 Å². The molecule has 1 heterocycles. The molecule has 0 unspecified atom stereocenters. The molecular weight excluding hydrogens is 264 g/mol. The number of hydrogen-bond donors (Lipinski definition) is 1. The van der Waals surface area contributed by atoms with Crippen molar-refractivity contribution in [2.24, 2.45) is 0 Å². The molecule has 5 heteroatoms. The molecule has 0 aliphatic heterocycles. The van der Waals surface area contributed by atoms with Crippen LogP contribution in [0.4, 0.5) is 0 Å². The summed E-state index contributed by atoms with van der Waals surface area (Å²) >= 11 is 0. The zero-order chi connectivity index (χ0) is 15.4. The molecule has 5 nitrogen and oxygen atoms in total. The molecule has 1 N–H and O–H groups in total. The van der Waals surface area contributed by atoms with Crippen molar-refractivity contribution in [3.05, 3.63) is 41.0 Å². The molecule has 114 valence electrons. The van der Waals surface area contributed by atoms with Gasteiger partial charge in [0.2, 0.25) is 0 Å². The zero-order valence-corrected chi connectivity index (χ0v) is 13.5. The van der Waals surface area contributed by atoms with Gasteiger partial charge in [-0.15, -0.1) is 0 Å². The highest BCUT2D eigenvalue weighted by Crippen LogP contribution is 2.21. The predicted molar refractivity (Wildman–Crippen MR) is 83.6 cm³/mol. The smallest absolute Gasteiger partial charge is 0.147 e. The van der Waals surface area contributed by atoms with Crippen molar-refractivity contribution in [2.75, 3.05) is 7.11 Å². The summed E-state index contributed by atoms with van der Waals surface area (Å²) in [6.07, 6.45) is 0. The minimum atomic E-state index is 0.468. The highest BCUT2D eigenvalue weighted by atomic mass is 16.5. The molecule has 0 aliphatic carbocycles. The Morgan fingerprint density at radius 2 is 2.05 bits per heavy atom. The Hall–Kier alpha value is -1.88. The van der Waals surface area contributed by atoms with Crippen molar-refractivity contribution in [1.29, 1.82) is 0 Å². The first-order valence-electron chi connectivity index (χ1n) is 7.27. The van der Waals surface area contributed by atoms with E-state index in [4.69, 9.17) is 4.74 Å². The van der Waals surface area contributed by atoms with Gasteiger partial charge in [0.05, 0.1) is 13.7 Å². The number of benzene rings is 1. The van der Waals surface area contributed by atoms with Crippen LogP contribution in [0.3, 0.4) is 0 Å². The Morgan fingerprint density at radius 1 is 1.29 bits per heavy atom. The maximum absolute atomic E-state index is 5.46. The molecule has 0 spiro atoms. The van der Waals surface area contributed by atoms with Crippen LogP contribution in [0.5, 0.6) is 5.75 Å². The highest BCUT2D eigenvalue weighted by molar-refractivity contribution is 5.37. The van der Waals surface area contributed by atoms with E-state index in [9.17, 15) is 0 Å². The van der Waals surface area contributed by atoms with E-state index >= 15 is 0 Å². The van der Waals surface area contributed by atoms with Crippen LogP contribution < -0.4 is 10.1 Å². The van der Waals surface area contributed by atoms with Crippen LogP contribution in [0.25, 0.3) is 0 Å². The van der Waals surface area contributed by atoms with E-state index < -0.39 is 0 Å². The lowest BCUT2D eigenvalue weighted by Gasteiger charge is -2.13. The maximum atomic E-state index is 5.46. The molecule has 2 rings (SSSR count). The number of methoxy groups -OCH3 is 1. The molecule has 0 fully saturated rings. The summed E-state index contributed by atoms with van der Waals surface area (Å²) in [6, 6.07) is 6.75. The van der Waals surface area contributed by atoms with Gasteiger partial charge in [-0.2, -0.15) is 5.10 Å². The average Bonchev–Trinajstić information content (AvgIpc) is 2.75. The first-order chi connectivity index (χ1) is 9.99. The van der Waals surface area contributed by atoms with E-state index in [1.54, 1.807) is 7.11 Å². The van der Waals surface area contributed by atoms with Crippen LogP contribution in [-0.4, -0.2) is 27.9 Å². The summed E-state index contributed by atoms with van der Waals surface area (Å²) in [7, 11) is 1.70. The van der Waals surface area contributed by atoms with Crippen LogP contribution >= 0.6 is 0 Å². The summed E-state index contributed by atoms with van der Waals surface area (Å²) < 4.78 is 7.37. The van der Waals surface area contributed by atoms with Crippen LogP contribution in [0.1, 0.15) is 36.6 Å². The summed E-state index contributed by atoms with van der Waals surface area (Å²) in [6.45, 7) is 9.69. The summed E-state index contributed by atoms with van der Waals surface area (Å²) in [5.74, 6) is 2.60. The van der Waals surface area contributed by atoms with Gasteiger partial charge in [0.15, 0.2) is 0 Å². The molecule has 0 amide bonds. The number of nitrogens with one attached hydrogen (secondary N) is 1. The number of aromatic nitrogens is 3. The molecular formula is C16H24N4O. The number of hydrogen-bond acceptors (Lipinski definition) is 4. The summed E-state index contributed by atoms with van der Waals surface area (Å²) in [5.41, 5.74) is 2.36. The van der Waals surface area contributed by atoms with E-state index in [0.717, 1.165) is 29.5 Å². The van der Waals surface area contributed by atoms with Crippen LogP contribution in [0.15, 0.2) is 18.2 Å². The second kappa shape index (κ2) is 6.72. The van der Waals surface area contributed by atoms with Gasteiger partial charge in [-0.1, -0.05) is 19.9 Å².